The molecule has 1 aliphatic rings. The van der Waals surface area contributed by atoms with Gasteiger partial charge in [-0.25, -0.2) is 4.79 Å². The van der Waals surface area contributed by atoms with Gasteiger partial charge >= 0.3 is 5.97 Å². The van der Waals surface area contributed by atoms with Crippen molar-refractivity contribution in [2.45, 2.75) is 51.2 Å². The molecule has 116 valence electrons. The van der Waals surface area contributed by atoms with Crippen LogP contribution in [0.4, 0.5) is 5.69 Å². The highest BCUT2D eigenvalue weighted by molar-refractivity contribution is 5.85. The fourth-order valence-corrected chi connectivity index (χ4v) is 3.04. The van der Waals surface area contributed by atoms with Gasteiger partial charge in [-0.3, -0.25) is 0 Å². The first-order chi connectivity index (χ1) is 10.1. The third kappa shape index (κ3) is 3.38. The second kappa shape index (κ2) is 6.94. The Morgan fingerprint density at radius 2 is 2.05 bits per heavy atom. The molecule has 1 aromatic rings. The zero-order valence-electron chi connectivity index (χ0n) is 13.1. The lowest BCUT2D eigenvalue weighted by Crippen LogP contribution is -2.58. The Morgan fingerprint density at radius 3 is 2.67 bits per heavy atom. The Bertz CT molecular complexity index is 471. The van der Waals surface area contributed by atoms with E-state index < -0.39 is 5.54 Å². The zero-order chi connectivity index (χ0) is 15.3. The summed E-state index contributed by atoms with van der Waals surface area (Å²) in [6.45, 7) is 4.26. The average Bonchev–Trinajstić information content (AvgIpc) is 2.50. The number of carbonyl (C=O) groups is 1. The molecular formula is C17H25NO3. The molecule has 0 spiro atoms. The number of aryl methyl sites for hydroxylation is 1. The van der Waals surface area contributed by atoms with E-state index in [1.54, 1.807) is 7.11 Å². The van der Waals surface area contributed by atoms with Crippen molar-refractivity contribution in [1.82, 2.24) is 0 Å². The molecule has 0 heterocycles. The molecule has 2 unspecified atom stereocenters. The van der Waals surface area contributed by atoms with E-state index in [-0.39, 0.29) is 12.1 Å². The molecule has 1 aliphatic carbocycles. The lowest BCUT2D eigenvalue weighted by atomic mass is 9.78. The van der Waals surface area contributed by atoms with Crippen LogP contribution in [0.5, 0.6) is 0 Å². The van der Waals surface area contributed by atoms with Gasteiger partial charge in [-0.2, -0.15) is 0 Å². The van der Waals surface area contributed by atoms with Crippen LogP contribution in [0.2, 0.25) is 0 Å². The first-order valence-electron chi connectivity index (χ1n) is 7.67. The molecule has 0 bridgehead atoms. The molecule has 1 aromatic carbocycles. The van der Waals surface area contributed by atoms with Gasteiger partial charge in [0, 0.05) is 12.8 Å². The van der Waals surface area contributed by atoms with E-state index in [4.69, 9.17) is 9.47 Å². The van der Waals surface area contributed by atoms with E-state index in [0.29, 0.717) is 6.61 Å². The van der Waals surface area contributed by atoms with Gasteiger partial charge < -0.3 is 14.8 Å². The largest absolute Gasteiger partial charge is 0.464 e. The third-order valence-electron chi connectivity index (χ3n) is 4.18. The number of carbonyl (C=O) groups excluding carboxylic acids is 1. The number of anilines is 1. The fraction of sp³-hybridized carbons (Fsp3) is 0.588. The number of rotatable bonds is 5. The quantitative estimate of drug-likeness (QED) is 0.846. The Hall–Kier alpha value is -1.55. The molecule has 2 rings (SSSR count). The summed E-state index contributed by atoms with van der Waals surface area (Å²) in [6, 6.07) is 8.06. The van der Waals surface area contributed by atoms with Gasteiger partial charge in [0.25, 0.3) is 0 Å². The molecule has 0 aromatic heterocycles. The van der Waals surface area contributed by atoms with Gasteiger partial charge in [-0.15, -0.1) is 0 Å². The first-order valence-corrected chi connectivity index (χ1v) is 7.67. The summed E-state index contributed by atoms with van der Waals surface area (Å²) in [4.78, 5) is 12.6. The molecule has 1 fully saturated rings. The van der Waals surface area contributed by atoms with Crippen LogP contribution in [0.3, 0.4) is 0 Å². The van der Waals surface area contributed by atoms with Crippen LogP contribution in [0.25, 0.3) is 0 Å². The standard InChI is InChI=1S/C17H25NO3/c1-4-21-16(19)17(12-6-5-7-15(17)20-3)18-14-10-8-13(2)9-11-14/h8-11,15,18H,4-7,12H2,1-3H3. The first kappa shape index (κ1) is 15.8. The van der Waals surface area contributed by atoms with Crippen LogP contribution >= 0.6 is 0 Å². The maximum Gasteiger partial charge on any atom is 0.334 e. The molecule has 1 saturated carbocycles. The van der Waals surface area contributed by atoms with Gasteiger partial charge in [-0.05, 0) is 38.8 Å². The maximum atomic E-state index is 12.6. The van der Waals surface area contributed by atoms with Crippen LogP contribution in [-0.2, 0) is 14.3 Å². The highest BCUT2D eigenvalue weighted by Gasteiger charge is 2.49. The molecular weight excluding hydrogens is 266 g/mol. The van der Waals surface area contributed by atoms with Crippen molar-refractivity contribution < 1.29 is 14.3 Å². The molecule has 2 atom stereocenters. The number of methoxy groups -OCH3 is 1. The Balaban J connectivity index is 2.30. The second-order valence-corrected chi connectivity index (χ2v) is 5.65. The SMILES string of the molecule is CCOC(=O)C1(Nc2ccc(C)cc2)CCCCC1OC. The molecule has 0 saturated heterocycles. The number of hydrogen-bond donors (Lipinski definition) is 1. The minimum atomic E-state index is -0.779. The van der Waals surface area contributed by atoms with E-state index in [0.717, 1.165) is 31.4 Å². The highest BCUT2D eigenvalue weighted by Crippen LogP contribution is 2.35. The third-order valence-corrected chi connectivity index (χ3v) is 4.18. The summed E-state index contributed by atoms with van der Waals surface area (Å²) < 4.78 is 10.9. The lowest BCUT2D eigenvalue weighted by Gasteiger charge is -2.42. The van der Waals surface area contributed by atoms with Gasteiger partial charge in [0.1, 0.15) is 0 Å². The van der Waals surface area contributed by atoms with Crippen molar-refractivity contribution in [3.05, 3.63) is 29.8 Å². The van der Waals surface area contributed by atoms with Crippen LogP contribution < -0.4 is 5.32 Å². The Kier molecular flexibility index (Phi) is 5.23. The molecule has 21 heavy (non-hydrogen) atoms. The number of nitrogens with one attached hydrogen (secondary N) is 1. The van der Waals surface area contributed by atoms with Gasteiger partial charge in [-0.1, -0.05) is 30.5 Å². The molecule has 4 heteroatoms. The van der Waals surface area contributed by atoms with E-state index in [2.05, 4.69) is 5.32 Å². The van der Waals surface area contributed by atoms with Crippen molar-refractivity contribution in [3.8, 4) is 0 Å². The topological polar surface area (TPSA) is 47.6 Å². The predicted octanol–water partition coefficient (Wildman–Crippen LogP) is 3.30. The zero-order valence-corrected chi connectivity index (χ0v) is 13.1. The van der Waals surface area contributed by atoms with E-state index in [9.17, 15) is 4.79 Å². The van der Waals surface area contributed by atoms with Crippen LogP contribution in [0, 0.1) is 6.92 Å². The van der Waals surface area contributed by atoms with Gasteiger partial charge in [0.05, 0.1) is 12.7 Å². The lowest BCUT2D eigenvalue weighted by molar-refractivity contribution is -0.156. The van der Waals surface area contributed by atoms with E-state index >= 15 is 0 Å². The summed E-state index contributed by atoms with van der Waals surface area (Å²) in [5.74, 6) is -0.211. The second-order valence-electron chi connectivity index (χ2n) is 5.65. The van der Waals surface area contributed by atoms with Crippen LogP contribution in [-0.4, -0.2) is 31.3 Å². The van der Waals surface area contributed by atoms with Crippen molar-refractivity contribution >= 4 is 11.7 Å². The van der Waals surface area contributed by atoms with Crippen molar-refractivity contribution in [2.24, 2.45) is 0 Å². The predicted molar refractivity (Wildman–Crippen MR) is 83.4 cm³/mol. The average molecular weight is 291 g/mol. The summed E-state index contributed by atoms with van der Waals surface area (Å²) in [6.07, 6.45) is 3.52. The minimum absolute atomic E-state index is 0.161. The van der Waals surface area contributed by atoms with E-state index in [1.165, 1.54) is 5.56 Å². The summed E-state index contributed by atoms with van der Waals surface area (Å²) in [5, 5.41) is 3.41. The van der Waals surface area contributed by atoms with Crippen molar-refractivity contribution in [3.63, 3.8) is 0 Å². The smallest absolute Gasteiger partial charge is 0.334 e. The van der Waals surface area contributed by atoms with Crippen molar-refractivity contribution in [1.29, 1.82) is 0 Å². The molecule has 4 nitrogen and oxygen atoms in total. The van der Waals surface area contributed by atoms with Gasteiger partial charge in [0.15, 0.2) is 5.54 Å². The van der Waals surface area contributed by atoms with Gasteiger partial charge in [0.2, 0.25) is 0 Å². The fourth-order valence-electron chi connectivity index (χ4n) is 3.04. The number of esters is 1. The molecule has 1 N–H and O–H groups in total. The Morgan fingerprint density at radius 1 is 1.33 bits per heavy atom. The molecule has 0 amide bonds. The normalized spacial score (nSPS) is 25.4. The number of ether oxygens (including phenoxy) is 2. The number of benzene rings is 1. The minimum Gasteiger partial charge on any atom is -0.464 e. The van der Waals surface area contributed by atoms with E-state index in [1.807, 2.05) is 38.1 Å². The van der Waals surface area contributed by atoms with Crippen LogP contribution in [0.15, 0.2) is 24.3 Å². The number of hydrogen-bond acceptors (Lipinski definition) is 4. The highest BCUT2D eigenvalue weighted by atomic mass is 16.5. The monoisotopic (exact) mass is 291 g/mol. The summed E-state index contributed by atoms with van der Waals surface area (Å²) in [5.41, 5.74) is 1.34. The maximum absolute atomic E-state index is 12.6. The molecule has 0 radical (unpaired) electrons. The molecule has 0 aliphatic heterocycles. The summed E-state index contributed by atoms with van der Waals surface area (Å²) >= 11 is 0. The van der Waals surface area contributed by atoms with Crippen molar-refractivity contribution in [2.75, 3.05) is 19.0 Å². The summed E-state index contributed by atoms with van der Waals surface area (Å²) in [7, 11) is 1.67. The van der Waals surface area contributed by atoms with Crippen LogP contribution in [0.1, 0.15) is 38.2 Å². The Labute approximate surface area is 126 Å².